The van der Waals surface area contributed by atoms with Crippen LogP contribution in [0.4, 0.5) is 0 Å². The number of aliphatic imine (C=N–C) groups is 1. The number of nitrogens with zero attached hydrogens (tertiary/aromatic N) is 4. The molecule has 0 aliphatic heterocycles. The van der Waals surface area contributed by atoms with E-state index in [2.05, 4.69) is 30.5 Å². The van der Waals surface area contributed by atoms with Crippen molar-refractivity contribution in [3.05, 3.63) is 30.2 Å². The summed E-state index contributed by atoms with van der Waals surface area (Å²) in [6, 6.07) is 5.72. The molecule has 11 heteroatoms. The summed E-state index contributed by atoms with van der Waals surface area (Å²) in [5.41, 5.74) is 0.792. The highest BCUT2D eigenvalue weighted by atomic mass is 127. The maximum atomic E-state index is 11.3. The molecule has 0 aliphatic rings. The molecule has 0 saturated carbocycles. The third-order valence-corrected chi connectivity index (χ3v) is 4.77. The first-order valence-corrected chi connectivity index (χ1v) is 9.41. The molecule has 140 valence electrons. The summed E-state index contributed by atoms with van der Waals surface area (Å²) < 4.78 is 27.0. The van der Waals surface area contributed by atoms with Crippen LogP contribution in [0.25, 0.3) is 5.65 Å². The number of guanidine groups is 1. The van der Waals surface area contributed by atoms with Crippen LogP contribution >= 0.6 is 24.0 Å². The van der Waals surface area contributed by atoms with Gasteiger partial charge in [0.05, 0.1) is 12.3 Å². The summed E-state index contributed by atoms with van der Waals surface area (Å²) in [4.78, 5) is 4.13. The van der Waals surface area contributed by atoms with Crippen LogP contribution in [-0.2, 0) is 16.6 Å². The average molecular weight is 481 g/mol. The molecule has 0 atom stereocenters. The van der Waals surface area contributed by atoms with E-state index >= 15 is 0 Å². The lowest BCUT2D eigenvalue weighted by atomic mass is 10.4. The van der Waals surface area contributed by atoms with Crippen LogP contribution in [0.2, 0.25) is 0 Å². The van der Waals surface area contributed by atoms with E-state index in [1.54, 1.807) is 14.0 Å². The molecule has 2 aromatic rings. The number of hydrogen-bond donors (Lipinski definition) is 3. The zero-order valence-electron chi connectivity index (χ0n) is 14.3. The highest BCUT2D eigenvalue weighted by Gasteiger charge is 2.06. The van der Waals surface area contributed by atoms with Crippen molar-refractivity contribution in [1.82, 2.24) is 30.0 Å². The van der Waals surface area contributed by atoms with E-state index in [0.29, 0.717) is 32.0 Å². The fourth-order valence-corrected chi connectivity index (χ4v) is 2.68. The largest absolute Gasteiger partial charge is 0.356 e. The van der Waals surface area contributed by atoms with Gasteiger partial charge < -0.3 is 10.6 Å². The molecule has 2 aromatic heterocycles. The van der Waals surface area contributed by atoms with E-state index in [4.69, 9.17) is 0 Å². The number of rotatable bonds is 8. The molecule has 0 radical (unpaired) electrons. The smallest absolute Gasteiger partial charge is 0.211 e. The normalized spacial score (nSPS) is 12.0. The molecular formula is C14H24IN7O2S. The molecule has 9 nitrogen and oxygen atoms in total. The molecule has 25 heavy (non-hydrogen) atoms. The summed E-state index contributed by atoms with van der Waals surface area (Å²) in [5.74, 6) is 1.50. The Bertz CT molecular complexity index is 791. The minimum absolute atomic E-state index is 0. The topological polar surface area (TPSA) is 113 Å². The van der Waals surface area contributed by atoms with Gasteiger partial charge in [-0.1, -0.05) is 6.07 Å². The molecule has 0 saturated heterocycles. The maximum Gasteiger partial charge on any atom is 0.211 e. The van der Waals surface area contributed by atoms with Gasteiger partial charge in [0.2, 0.25) is 10.0 Å². The molecule has 2 heterocycles. The average Bonchev–Trinajstić information content (AvgIpc) is 3.00. The van der Waals surface area contributed by atoms with Crippen LogP contribution in [-0.4, -0.2) is 54.9 Å². The van der Waals surface area contributed by atoms with Crippen LogP contribution in [0.3, 0.4) is 0 Å². The SMILES string of the molecule is CCS(=O)(=O)NCCCNC(=NC)NCc1nnc2ccccn12.I. The van der Waals surface area contributed by atoms with E-state index in [0.717, 1.165) is 11.5 Å². The first-order valence-electron chi connectivity index (χ1n) is 7.76. The molecule has 2 rings (SSSR count). The fraction of sp³-hybridized carbons (Fsp3) is 0.500. The number of fused-ring (bicyclic) bond motifs is 1. The number of halogens is 1. The van der Waals surface area contributed by atoms with E-state index < -0.39 is 10.0 Å². The van der Waals surface area contributed by atoms with Crippen molar-refractivity contribution in [2.24, 2.45) is 4.99 Å². The summed E-state index contributed by atoms with van der Waals surface area (Å²) >= 11 is 0. The van der Waals surface area contributed by atoms with Gasteiger partial charge in [0, 0.05) is 26.3 Å². The maximum absolute atomic E-state index is 11.3. The zero-order chi connectivity index (χ0) is 17.4. The third kappa shape index (κ3) is 6.74. The lowest BCUT2D eigenvalue weighted by molar-refractivity contribution is 0.579. The van der Waals surface area contributed by atoms with Gasteiger partial charge in [0.25, 0.3) is 0 Å². The molecule has 0 spiro atoms. The van der Waals surface area contributed by atoms with Gasteiger partial charge in [-0.2, -0.15) is 0 Å². The molecule has 3 N–H and O–H groups in total. The van der Waals surface area contributed by atoms with Gasteiger partial charge in [0.1, 0.15) is 0 Å². The van der Waals surface area contributed by atoms with Crippen LogP contribution in [0, 0.1) is 0 Å². The summed E-state index contributed by atoms with van der Waals surface area (Å²) in [7, 11) is -1.45. The lowest BCUT2D eigenvalue weighted by Gasteiger charge is -2.11. The Kier molecular flexibility index (Phi) is 9.06. The van der Waals surface area contributed by atoms with Crippen molar-refractivity contribution in [1.29, 1.82) is 0 Å². The van der Waals surface area contributed by atoms with Crippen molar-refractivity contribution in [3.8, 4) is 0 Å². The molecule has 0 fully saturated rings. The fourth-order valence-electron chi connectivity index (χ4n) is 2.02. The standard InChI is InChI=1S/C14H23N7O2S.HI/c1-3-24(22,23)18-9-6-8-16-14(15-2)17-11-13-20-19-12-7-4-5-10-21(12)13;/h4-5,7,10,18H,3,6,8-9,11H2,1-2H3,(H2,15,16,17);1H. The number of sulfonamides is 1. The van der Waals surface area contributed by atoms with Crippen molar-refractivity contribution < 1.29 is 8.42 Å². The zero-order valence-corrected chi connectivity index (χ0v) is 17.4. The Hall–Kier alpha value is -1.47. The Balaban J connectivity index is 0.00000312. The van der Waals surface area contributed by atoms with Crippen molar-refractivity contribution >= 4 is 45.6 Å². The van der Waals surface area contributed by atoms with E-state index in [-0.39, 0.29) is 29.7 Å². The Morgan fingerprint density at radius 1 is 1.24 bits per heavy atom. The highest BCUT2D eigenvalue weighted by Crippen LogP contribution is 2.02. The predicted molar refractivity (Wildman–Crippen MR) is 109 cm³/mol. The van der Waals surface area contributed by atoms with Gasteiger partial charge in [-0.05, 0) is 25.5 Å². The quantitative estimate of drug-likeness (QED) is 0.217. The molecular weight excluding hydrogens is 457 g/mol. The molecule has 0 amide bonds. The Morgan fingerprint density at radius 3 is 2.76 bits per heavy atom. The summed E-state index contributed by atoms with van der Waals surface area (Å²) in [5, 5.41) is 14.5. The van der Waals surface area contributed by atoms with Crippen molar-refractivity contribution in [2.45, 2.75) is 19.9 Å². The minimum atomic E-state index is -3.13. The van der Waals surface area contributed by atoms with Gasteiger partial charge in [-0.25, -0.2) is 13.1 Å². The molecule has 0 bridgehead atoms. The Morgan fingerprint density at radius 2 is 2.04 bits per heavy atom. The predicted octanol–water partition coefficient (Wildman–Crippen LogP) is 0.342. The number of aromatic nitrogens is 3. The number of hydrogen-bond acceptors (Lipinski definition) is 5. The number of nitrogens with one attached hydrogen (secondary N) is 3. The van der Waals surface area contributed by atoms with Gasteiger partial charge in [-0.15, -0.1) is 34.2 Å². The number of pyridine rings is 1. The van der Waals surface area contributed by atoms with Crippen molar-refractivity contribution in [3.63, 3.8) is 0 Å². The van der Waals surface area contributed by atoms with Crippen LogP contribution in [0.1, 0.15) is 19.2 Å². The second kappa shape index (κ2) is 10.5. The molecule has 0 aromatic carbocycles. The van der Waals surface area contributed by atoms with E-state index in [1.807, 2.05) is 28.8 Å². The van der Waals surface area contributed by atoms with Crippen LogP contribution in [0.15, 0.2) is 29.4 Å². The summed E-state index contributed by atoms with van der Waals surface area (Å²) in [6.07, 6.45) is 2.57. The van der Waals surface area contributed by atoms with Gasteiger partial charge in [0.15, 0.2) is 17.4 Å². The van der Waals surface area contributed by atoms with Crippen LogP contribution < -0.4 is 15.4 Å². The van der Waals surface area contributed by atoms with E-state index in [9.17, 15) is 8.42 Å². The first kappa shape index (κ1) is 21.6. The minimum Gasteiger partial charge on any atom is -0.356 e. The van der Waals surface area contributed by atoms with Gasteiger partial charge >= 0.3 is 0 Å². The monoisotopic (exact) mass is 481 g/mol. The summed E-state index contributed by atoms with van der Waals surface area (Å²) in [6.45, 7) is 3.09. The highest BCUT2D eigenvalue weighted by molar-refractivity contribution is 14.0. The van der Waals surface area contributed by atoms with Crippen LogP contribution in [0.5, 0.6) is 0 Å². The second-order valence-electron chi connectivity index (χ2n) is 5.05. The lowest BCUT2D eigenvalue weighted by Crippen LogP contribution is -2.38. The first-order chi connectivity index (χ1) is 11.6. The second-order valence-corrected chi connectivity index (χ2v) is 7.14. The van der Waals surface area contributed by atoms with E-state index in [1.165, 1.54) is 0 Å². The third-order valence-electron chi connectivity index (χ3n) is 3.37. The molecule has 0 unspecified atom stereocenters. The Labute approximate surface area is 164 Å². The van der Waals surface area contributed by atoms with Gasteiger partial charge in [-0.3, -0.25) is 9.39 Å². The molecule has 0 aliphatic carbocycles. The van der Waals surface area contributed by atoms with Crippen molar-refractivity contribution in [2.75, 3.05) is 25.9 Å².